The molecule has 1 N–H and O–H groups in total. The standard InChI is InChI=1S/C17H22BrNOS/c1-4-10-19-14(5-2)17-9-8-16(21-17)12-6-7-13(18)15(11-12)20-3/h6-9,11,14,19H,4-5,10H2,1-3H3. The molecule has 0 fully saturated rings. The highest BCUT2D eigenvalue weighted by atomic mass is 79.9. The minimum atomic E-state index is 0.459. The summed E-state index contributed by atoms with van der Waals surface area (Å²) in [7, 11) is 1.70. The van der Waals surface area contributed by atoms with E-state index in [0.29, 0.717) is 6.04 Å². The Morgan fingerprint density at radius 2 is 2.05 bits per heavy atom. The Labute approximate surface area is 139 Å². The van der Waals surface area contributed by atoms with Gasteiger partial charge in [0.15, 0.2) is 0 Å². The van der Waals surface area contributed by atoms with Crippen LogP contribution in [-0.4, -0.2) is 13.7 Å². The van der Waals surface area contributed by atoms with Crippen LogP contribution in [0.4, 0.5) is 0 Å². The van der Waals surface area contributed by atoms with E-state index in [2.05, 4.69) is 59.4 Å². The van der Waals surface area contributed by atoms with Crippen LogP contribution in [0.1, 0.15) is 37.6 Å². The van der Waals surface area contributed by atoms with Gasteiger partial charge in [0.05, 0.1) is 11.6 Å². The molecule has 0 radical (unpaired) electrons. The topological polar surface area (TPSA) is 21.3 Å². The van der Waals surface area contributed by atoms with Crippen molar-refractivity contribution >= 4 is 27.3 Å². The molecule has 1 atom stereocenters. The van der Waals surface area contributed by atoms with Gasteiger partial charge in [0.2, 0.25) is 0 Å². The molecule has 0 spiro atoms. The van der Waals surface area contributed by atoms with Gasteiger partial charge in [-0.2, -0.15) is 0 Å². The zero-order valence-corrected chi connectivity index (χ0v) is 15.2. The number of hydrogen-bond acceptors (Lipinski definition) is 3. The predicted molar refractivity (Wildman–Crippen MR) is 95.3 cm³/mol. The fourth-order valence-electron chi connectivity index (χ4n) is 2.27. The fourth-order valence-corrected chi connectivity index (χ4v) is 3.84. The summed E-state index contributed by atoms with van der Waals surface area (Å²) in [5.41, 5.74) is 1.21. The van der Waals surface area contributed by atoms with Crippen molar-refractivity contribution in [1.82, 2.24) is 5.32 Å². The lowest BCUT2D eigenvalue weighted by Gasteiger charge is -2.14. The Kier molecular flexibility index (Phi) is 6.27. The summed E-state index contributed by atoms with van der Waals surface area (Å²) in [4.78, 5) is 2.69. The first-order chi connectivity index (χ1) is 10.2. The van der Waals surface area contributed by atoms with Crippen LogP contribution in [0.2, 0.25) is 0 Å². The molecular weight excluding hydrogens is 346 g/mol. The average molecular weight is 368 g/mol. The predicted octanol–water partition coefficient (Wildman–Crippen LogP) is 5.64. The maximum atomic E-state index is 5.38. The van der Waals surface area contributed by atoms with Gasteiger partial charge in [-0.3, -0.25) is 0 Å². The maximum Gasteiger partial charge on any atom is 0.133 e. The molecule has 2 aromatic rings. The van der Waals surface area contributed by atoms with Gasteiger partial charge >= 0.3 is 0 Å². The van der Waals surface area contributed by atoms with Crippen LogP contribution in [-0.2, 0) is 0 Å². The van der Waals surface area contributed by atoms with E-state index in [9.17, 15) is 0 Å². The third kappa shape index (κ3) is 4.09. The second kappa shape index (κ2) is 7.97. The molecule has 2 rings (SSSR count). The number of methoxy groups -OCH3 is 1. The molecule has 0 saturated heterocycles. The molecular formula is C17H22BrNOS. The molecule has 0 amide bonds. The van der Waals surface area contributed by atoms with Gasteiger partial charge < -0.3 is 10.1 Å². The molecule has 114 valence electrons. The molecule has 1 aromatic heterocycles. The van der Waals surface area contributed by atoms with E-state index in [1.54, 1.807) is 7.11 Å². The number of ether oxygens (including phenoxy) is 1. The van der Waals surface area contributed by atoms with Gasteiger partial charge in [-0.05, 0) is 65.1 Å². The van der Waals surface area contributed by atoms with E-state index >= 15 is 0 Å². The molecule has 0 bridgehead atoms. The fraction of sp³-hybridized carbons (Fsp3) is 0.412. The minimum Gasteiger partial charge on any atom is -0.496 e. The van der Waals surface area contributed by atoms with E-state index in [4.69, 9.17) is 4.74 Å². The number of halogens is 1. The lowest BCUT2D eigenvalue weighted by molar-refractivity contribution is 0.412. The summed E-state index contributed by atoms with van der Waals surface area (Å²) < 4.78 is 6.37. The van der Waals surface area contributed by atoms with Crippen molar-refractivity contribution in [2.45, 2.75) is 32.7 Å². The monoisotopic (exact) mass is 367 g/mol. The second-order valence-electron chi connectivity index (χ2n) is 4.97. The van der Waals surface area contributed by atoms with Crippen molar-refractivity contribution in [2.24, 2.45) is 0 Å². The normalized spacial score (nSPS) is 12.4. The van der Waals surface area contributed by atoms with E-state index in [1.807, 2.05) is 17.4 Å². The molecule has 0 aliphatic heterocycles. The van der Waals surface area contributed by atoms with Crippen LogP contribution < -0.4 is 10.1 Å². The largest absolute Gasteiger partial charge is 0.496 e. The van der Waals surface area contributed by atoms with Crippen molar-refractivity contribution in [2.75, 3.05) is 13.7 Å². The zero-order valence-electron chi connectivity index (χ0n) is 12.8. The van der Waals surface area contributed by atoms with Crippen LogP contribution in [0.3, 0.4) is 0 Å². The van der Waals surface area contributed by atoms with Gasteiger partial charge in [0.25, 0.3) is 0 Å². The summed E-state index contributed by atoms with van der Waals surface area (Å²) >= 11 is 5.36. The SMILES string of the molecule is CCCNC(CC)c1ccc(-c2ccc(Br)c(OC)c2)s1. The van der Waals surface area contributed by atoms with Crippen molar-refractivity contribution in [3.63, 3.8) is 0 Å². The Morgan fingerprint density at radius 1 is 1.24 bits per heavy atom. The highest BCUT2D eigenvalue weighted by molar-refractivity contribution is 9.10. The summed E-state index contributed by atoms with van der Waals surface area (Å²) in [6.07, 6.45) is 2.28. The molecule has 1 unspecified atom stereocenters. The highest BCUT2D eigenvalue weighted by Crippen LogP contribution is 2.36. The lowest BCUT2D eigenvalue weighted by Crippen LogP contribution is -2.20. The molecule has 4 heteroatoms. The molecule has 21 heavy (non-hydrogen) atoms. The Morgan fingerprint density at radius 3 is 2.71 bits per heavy atom. The molecule has 2 nitrogen and oxygen atoms in total. The van der Waals surface area contributed by atoms with Crippen LogP contribution in [0.5, 0.6) is 5.75 Å². The lowest BCUT2D eigenvalue weighted by atomic mass is 10.1. The molecule has 0 aliphatic carbocycles. The van der Waals surface area contributed by atoms with Crippen LogP contribution in [0.25, 0.3) is 10.4 Å². The van der Waals surface area contributed by atoms with E-state index in [-0.39, 0.29) is 0 Å². The number of hydrogen-bond donors (Lipinski definition) is 1. The van der Waals surface area contributed by atoms with E-state index in [0.717, 1.165) is 23.2 Å². The van der Waals surface area contributed by atoms with Gasteiger partial charge in [-0.25, -0.2) is 0 Å². The van der Waals surface area contributed by atoms with Crippen molar-refractivity contribution in [3.05, 3.63) is 39.7 Å². The quantitative estimate of drug-likeness (QED) is 0.683. The van der Waals surface area contributed by atoms with Crippen molar-refractivity contribution in [3.8, 4) is 16.2 Å². The Hall–Kier alpha value is -0.840. The summed E-state index contributed by atoms with van der Waals surface area (Å²) in [6, 6.07) is 11.2. The third-order valence-corrected chi connectivity index (χ3v) is 5.36. The number of thiophene rings is 1. The summed E-state index contributed by atoms with van der Waals surface area (Å²) in [5, 5.41) is 3.61. The molecule has 0 aliphatic rings. The Bertz CT molecular complexity index is 582. The van der Waals surface area contributed by atoms with E-state index in [1.165, 1.54) is 21.7 Å². The third-order valence-electron chi connectivity index (χ3n) is 3.45. The average Bonchev–Trinajstić information content (AvgIpc) is 2.98. The van der Waals surface area contributed by atoms with Crippen molar-refractivity contribution in [1.29, 1.82) is 0 Å². The number of rotatable bonds is 7. The Balaban J connectivity index is 2.22. The van der Waals surface area contributed by atoms with Crippen molar-refractivity contribution < 1.29 is 4.74 Å². The smallest absolute Gasteiger partial charge is 0.133 e. The van der Waals surface area contributed by atoms with Gasteiger partial charge in [-0.15, -0.1) is 11.3 Å². The van der Waals surface area contributed by atoms with Crippen LogP contribution in [0, 0.1) is 0 Å². The summed E-state index contributed by atoms with van der Waals surface area (Å²) in [5.74, 6) is 0.874. The number of benzene rings is 1. The van der Waals surface area contributed by atoms with Gasteiger partial charge in [-0.1, -0.05) is 19.9 Å². The molecule has 0 saturated carbocycles. The summed E-state index contributed by atoms with van der Waals surface area (Å²) in [6.45, 7) is 5.50. The first-order valence-electron chi connectivity index (χ1n) is 7.36. The minimum absolute atomic E-state index is 0.459. The van der Waals surface area contributed by atoms with Gasteiger partial charge in [0, 0.05) is 15.8 Å². The molecule has 1 aromatic carbocycles. The van der Waals surface area contributed by atoms with Crippen LogP contribution in [0.15, 0.2) is 34.8 Å². The first kappa shape index (κ1) is 16.5. The molecule has 1 heterocycles. The van der Waals surface area contributed by atoms with Gasteiger partial charge in [0.1, 0.15) is 5.75 Å². The first-order valence-corrected chi connectivity index (χ1v) is 8.97. The zero-order chi connectivity index (χ0) is 15.2. The van der Waals surface area contributed by atoms with E-state index < -0.39 is 0 Å². The highest BCUT2D eigenvalue weighted by Gasteiger charge is 2.12. The second-order valence-corrected chi connectivity index (χ2v) is 6.94. The van der Waals surface area contributed by atoms with Crippen LogP contribution >= 0.6 is 27.3 Å². The number of nitrogens with one attached hydrogen (secondary N) is 1. The maximum absolute atomic E-state index is 5.38.